The van der Waals surface area contributed by atoms with Crippen LogP contribution in [0.2, 0.25) is 0 Å². The molecule has 1 N–H and O–H groups in total. The zero-order valence-corrected chi connectivity index (χ0v) is 12.5. The lowest BCUT2D eigenvalue weighted by atomic mass is 10.2. The van der Waals surface area contributed by atoms with Crippen LogP contribution in [0.25, 0.3) is 16.9 Å². The van der Waals surface area contributed by atoms with Gasteiger partial charge < -0.3 is 5.32 Å². The number of hydrogen-bond donors (Lipinski definition) is 1. The smallest absolute Gasteiger partial charge is 0.182 e. The number of thiazole rings is 1. The zero-order chi connectivity index (χ0) is 14.1. The lowest BCUT2D eigenvalue weighted by molar-refractivity contribution is 0.847. The van der Waals surface area contributed by atoms with Gasteiger partial charge in [0.1, 0.15) is 0 Å². The number of anilines is 1. The number of nitrogens with zero attached hydrogens (tertiary/aromatic N) is 3. The van der Waals surface area contributed by atoms with Gasteiger partial charge in [0, 0.05) is 18.0 Å². The lowest BCUT2D eigenvalue weighted by Gasteiger charge is -2.05. The van der Waals surface area contributed by atoms with E-state index in [2.05, 4.69) is 58.9 Å². The van der Waals surface area contributed by atoms with Gasteiger partial charge in [0.05, 0.1) is 23.3 Å². The summed E-state index contributed by atoms with van der Waals surface area (Å²) >= 11 is 1.60. The minimum atomic E-state index is 0.919. The number of benzene rings is 1. The first-order valence-electron chi connectivity index (χ1n) is 6.44. The van der Waals surface area contributed by atoms with Crippen molar-refractivity contribution in [2.24, 2.45) is 0 Å². The van der Waals surface area contributed by atoms with Crippen molar-refractivity contribution < 1.29 is 0 Å². The van der Waals surface area contributed by atoms with Crippen molar-refractivity contribution >= 4 is 16.5 Å². The molecule has 0 aliphatic rings. The Balaban J connectivity index is 2.02. The van der Waals surface area contributed by atoms with Crippen molar-refractivity contribution in [3.63, 3.8) is 0 Å². The molecule has 20 heavy (non-hydrogen) atoms. The van der Waals surface area contributed by atoms with Crippen molar-refractivity contribution in [1.82, 2.24) is 14.8 Å². The maximum Gasteiger partial charge on any atom is 0.182 e. The highest BCUT2D eigenvalue weighted by atomic mass is 32.1. The maximum atomic E-state index is 4.54. The third-order valence-corrected chi connectivity index (χ3v) is 4.14. The molecular weight excluding hydrogens is 268 g/mol. The van der Waals surface area contributed by atoms with Gasteiger partial charge in [-0.3, -0.25) is 0 Å². The predicted molar refractivity (Wildman–Crippen MR) is 83.7 cm³/mol. The second-order valence-corrected chi connectivity index (χ2v) is 5.54. The fourth-order valence-electron chi connectivity index (χ4n) is 2.12. The Bertz CT molecular complexity index is 725. The van der Waals surface area contributed by atoms with Crippen LogP contribution in [0.4, 0.5) is 5.13 Å². The van der Waals surface area contributed by atoms with E-state index >= 15 is 0 Å². The van der Waals surface area contributed by atoms with E-state index < -0.39 is 0 Å². The normalized spacial score (nSPS) is 10.8. The molecule has 0 unspecified atom stereocenters. The maximum absolute atomic E-state index is 4.54. The molecule has 0 bridgehead atoms. The van der Waals surface area contributed by atoms with E-state index in [1.807, 2.05) is 17.9 Å². The molecule has 4 nitrogen and oxygen atoms in total. The molecule has 0 saturated heterocycles. The Labute approximate surface area is 122 Å². The molecule has 3 rings (SSSR count). The standard InChI is InChI=1S/C15H16N4S/c1-10-4-6-12(7-5-10)19-11(2)13(8-17-19)14-9-20-15(16-3)18-14/h4-9H,1-3H3,(H,16,18). The van der Waals surface area contributed by atoms with E-state index in [1.165, 1.54) is 5.56 Å². The molecule has 0 aliphatic carbocycles. The molecule has 102 valence electrons. The minimum Gasteiger partial charge on any atom is -0.365 e. The van der Waals surface area contributed by atoms with Gasteiger partial charge in [-0.05, 0) is 26.0 Å². The van der Waals surface area contributed by atoms with Crippen LogP contribution in [0, 0.1) is 13.8 Å². The molecular formula is C15H16N4S. The first-order valence-corrected chi connectivity index (χ1v) is 7.32. The number of rotatable bonds is 3. The molecule has 0 aliphatic heterocycles. The summed E-state index contributed by atoms with van der Waals surface area (Å²) in [6.45, 7) is 4.15. The van der Waals surface area contributed by atoms with Crippen molar-refractivity contribution in [2.75, 3.05) is 12.4 Å². The molecule has 0 radical (unpaired) electrons. The van der Waals surface area contributed by atoms with Gasteiger partial charge in [0.2, 0.25) is 0 Å². The van der Waals surface area contributed by atoms with Crippen LogP contribution in [-0.4, -0.2) is 21.8 Å². The van der Waals surface area contributed by atoms with Gasteiger partial charge in [0.15, 0.2) is 5.13 Å². The Kier molecular flexibility index (Phi) is 3.28. The quantitative estimate of drug-likeness (QED) is 0.798. The molecule has 1 aromatic carbocycles. The minimum absolute atomic E-state index is 0.919. The van der Waals surface area contributed by atoms with E-state index in [0.717, 1.165) is 27.8 Å². The van der Waals surface area contributed by atoms with E-state index in [9.17, 15) is 0 Å². The number of hydrogen-bond acceptors (Lipinski definition) is 4. The molecule has 0 amide bonds. The average molecular weight is 284 g/mol. The van der Waals surface area contributed by atoms with E-state index in [0.29, 0.717) is 0 Å². The first-order chi connectivity index (χ1) is 9.69. The highest BCUT2D eigenvalue weighted by Gasteiger charge is 2.12. The van der Waals surface area contributed by atoms with E-state index in [1.54, 1.807) is 11.3 Å². The van der Waals surface area contributed by atoms with Crippen LogP contribution < -0.4 is 5.32 Å². The topological polar surface area (TPSA) is 42.7 Å². The van der Waals surface area contributed by atoms with Crippen LogP contribution in [0.3, 0.4) is 0 Å². The van der Waals surface area contributed by atoms with Crippen LogP contribution in [-0.2, 0) is 0 Å². The van der Waals surface area contributed by atoms with Gasteiger partial charge >= 0.3 is 0 Å². The number of aryl methyl sites for hydroxylation is 1. The monoisotopic (exact) mass is 284 g/mol. The summed E-state index contributed by atoms with van der Waals surface area (Å²) in [5.74, 6) is 0. The van der Waals surface area contributed by atoms with Gasteiger partial charge in [0.25, 0.3) is 0 Å². The van der Waals surface area contributed by atoms with Gasteiger partial charge in [-0.15, -0.1) is 11.3 Å². The molecule has 5 heteroatoms. The molecule has 0 spiro atoms. The summed E-state index contributed by atoms with van der Waals surface area (Å²) in [5.41, 5.74) is 5.46. The fourth-order valence-corrected chi connectivity index (χ4v) is 2.79. The summed E-state index contributed by atoms with van der Waals surface area (Å²) in [7, 11) is 1.88. The van der Waals surface area contributed by atoms with Crippen LogP contribution in [0.1, 0.15) is 11.3 Å². The third-order valence-electron chi connectivity index (χ3n) is 3.28. The Morgan fingerprint density at radius 3 is 2.55 bits per heavy atom. The predicted octanol–water partition coefficient (Wildman–Crippen LogP) is 3.65. The Morgan fingerprint density at radius 1 is 1.15 bits per heavy atom. The SMILES string of the molecule is CNc1nc(-c2cnn(-c3ccc(C)cc3)c2C)cs1. The summed E-state index contributed by atoms with van der Waals surface area (Å²) in [4.78, 5) is 4.54. The highest BCUT2D eigenvalue weighted by Crippen LogP contribution is 2.28. The summed E-state index contributed by atoms with van der Waals surface area (Å²) in [6.07, 6.45) is 1.88. The lowest BCUT2D eigenvalue weighted by Crippen LogP contribution is -1.98. The average Bonchev–Trinajstić information content (AvgIpc) is 3.06. The fraction of sp³-hybridized carbons (Fsp3) is 0.200. The van der Waals surface area contributed by atoms with Crippen LogP contribution in [0.15, 0.2) is 35.8 Å². The molecule has 2 aromatic heterocycles. The first kappa shape index (κ1) is 12.9. The Morgan fingerprint density at radius 2 is 1.90 bits per heavy atom. The van der Waals surface area contributed by atoms with Gasteiger partial charge in [-0.25, -0.2) is 9.67 Å². The van der Waals surface area contributed by atoms with E-state index in [-0.39, 0.29) is 0 Å². The summed E-state index contributed by atoms with van der Waals surface area (Å²) < 4.78 is 1.95. The largest absolute Gasteiger partial charge is 0.365 e. The van der Waals surface area contributed by atoms with Crippen molar-refractivity contribution in [3.8, 4) is 16.9 Å². The molecule has 2 heterocycles. The summed E-state index contributed by atoms with van der Waals surface area (Å²) in [5, 5.41) is 10.5. The zero-order valence-electron chi connectivity index (χ0n) is 11.7. The second kappa shape index (κ2) is 5.09. The van der Waals surface area contributed by atoms with Crippen molar-refractivity contribution in [3.05, 3.63) is 47.1 Å². The van der Waals surface area contributed by atoms with Crippen LogP contribution >= 0.6 is 11.3 Å². The van der Waals surface area contributed by atoms with E-state index in [4.69, 9.17) is 0 Å². The van der Waals surface area contributed by atoms with Gasteiger partial charge in [-0.1, -0.05) is 17.7 Å². The highest BCUT2D eigenvalue weighted by molar-refractivity contribution is 7.14. The van der Waals surface area contributed by atoms with Crippen molar-refractivity contribution in [2.45, 2.75) is 13.8 Å². The molecule has 0 saturated carbocycles. The third kappa shape index (κ3) is 2.20. The summed E-state index contributed by atoms with van der Waals surface area (Å²) in [6, 6.07) is 8.36. The number of aromatic nitrogens is 3. The van der Waals surface area contributed by atoms with Crippen molar-refractivity contribution in [1.29, 1.82) is 0 Å². The molecule has 0 atom stereocenters. The molecule has 0 fully saturated rings. The van der Waals surface area contributed by atoms with Crippen LogP contribution in [0.5, 0.6) is 0 Å². The second-order valence-electron chi connectivity index (χ2n) is 4.68. The Hall–Kier alpha value is -2.14. The molecule has 3 aromatic rings. The van der Waals surface area contributed by atoms with Gasteiger partial charge in [-0.2, -0.15) is 5.10 Å². The number of nitrogens with one attached hydrogen (secondary N) is 1.